The number of esters is 5. The van der Waals surface area contributed by atoms with Crippen molar-refractivity contribution in [2.24, 2.45) is 0 Å². The first-order valence-corrected chi connectivity index (χ1v) is 18.5. The zero-order valence-electron chi connectivity index (χ0n) is 33.6. The minimum Gasteiger partial charge on any atom is -0.465 e. The molecule has 0 aromatic heterocycles. The second-order valence-electron chi connectivity index (χ2n) is 13.0. The Hall–Kier alpha value is -5.87. The number of terminal acetylenes is 1. The lowest BCUT2D eigenvalue weighted by atomic mass is 9.87. The van der Waals surface area contributed by atoms with Crippen LogP contribution in [0.25, 0.3) is 11.1 Å². The van der Waals surface area contributed by atoms with Gasteiger partial charge in [-0.05, 0) is 16.7 Å². The monoisotopic (exact) mass is 826 g/mol. The van der Waals surface area contributed by atoms with E-state index in [2.05, 4.69) is 16.6 Å². The van der Waals surface area contributed by atoms with Gasteiger partial charge in [0.15, 0.2) is 18.8 Å². The molecule has 320 valence electrons. The Morgan fingerprint density at radius 3 is 2.07 bits per heavy atom. The van der Waals surface area contributed by atoms with Crippen LogP contribution in [0.15, 0.2) is 54.6 Å². The molecule has 6 atom stereocenters. The highest BCUT2D eigenvalue weighted by Crippen LogP contribution is 2.37. The zero-order valence-corrected chi connectivity index (χ0v) is 33.6. The summed E-state index contributed by atoms with van der Waals surface area (Å²) >= 11 is 0. The number of ether oxygens (including phenoxy) is 9. The fraction of sp³-hybridized carbons (Fsp3) is 0.488. The Bertz CT molecular complexity index is 1780. The molecule has 0 unspecified atom stereocenters. The standard InChI is InChI=1S/C41H50N2O16/c1-7-17-52-18-19-53-20-21-55-41(40(50)51-6)23-33(56-27(3)45)37(43-36(49)25-54-26(2)44)39(59-41)38(58-29(5)47)34(57-28(4)46)24-42-35(48)22-30-13-15-32(16-14-30)31-11-9-8-10-12-31/h1,8-16,33-34,37-39H,17-25H2,2-6H3,(H,42,48)(H,43,49)/t33-,34+,37+,38+,39+,41+/m0/s1. The van der Waals surface area contributed by atoms with E-state index in [9.17, 15) is 33.6 Å². The number of benzene rings is 2. The fourth-order valence-electron chi connectivity index (χ4n) is 6.06. The molecule has 2 aromatic carbocycles. The van der Waals surface area contributed by atoms with E-state index in [-0.39, 0.29) is 39.5 Å². The van der Waals surface area contributed by atoms with E-state index in [4.69, 9.17) is 49.1 Å². The van der Waals surface area contributed by atoms with Crippen LogP contribution < -0.4 is 10.6 Å². The highest BCUT2D eigenvalue weighted by molar-refractivity contribution is 5.81. The number of amides is 2. The van der Waals surface area contributed by atoms with Gasteiger partial charge in [-0.15, -0.1) is 6.42 Å². The predicted octanol–water partition coefficient (Wildman–Crippen LogP) is 1.20. The lowest BCUT2D eigenvalue weighted by Gasteiger charge is -2.48. The average molecular weight is 827 g/mol. The smallest absolute Gasteiger partial charge is 0.366 e. The van der Waals surface area contributed by atoms with Crippen LogP contribution in [0.5, 0.6) is 0 Å². The highest BCUT2D eigenvalue weighted by atomic mass is 16.7. The number of carbonyl (C=O) groups is 7. The molecule has 0 radical (unpaired) electrons. The first-order chi connectivity index (χ1) is 28.2. The molecule has 1 fully saturated rings. The quantitative estimate of drug-likeness (QED) is 0.0736. The van der Waals surface area contributed by atoms with Crippen LogP contribution in [-0.2, 0) is 82.6 Å². The van der Waals surface area contributed by atoms with Gasteiger partial charge in [-0.1, -0.05) is 60.5 Å². The number of nitrogens with one attached hydrogen (secondary N) is 2. The van der Waals surface area contributed by atoms with Crippen molar-refractivity contribution in [3.63, 3.8) is 0 Å². The van der Waals surface area contributed by atoms with Crippen molar-refractivity contribution in [3.05, 3.63) is 60.2 Å². The van der Waals surface area contributed by atoms with Crippen molar-refractivity contribution in [1.29, 1.82) is 0 Å². The second-order valence-corrected chi connectivity index (χ2v) is 13.0. The normalized spacial score (nSPS) is 19.4. The Kier molecular flexibility index (Phi) is 19.4. The summed E-state index contributed by atoms with van der Waals surface area (Å²) in [7, 11) is 1.04. The number of carbonyl (C=O) groups excluding carboxylic acids is 7. The summed E-state index contributed by atoms with van der Waals surface area (Å²) in [6.45, 7) is 2.87. The molecule has 1 aliphatic rings. The Labute approximate surface area is 341 Å². The van der Waals surface area contributed by atoms with E-state index in [1.807, 2.05) is 42.5 Å². The van der Waals surface area contributed by atoms with Crippen LogP contribution in [-0.4, -0.2) is 131 Å². The summed E-state index contributed by atoms with van der Waals surface area (Å²) in [5, 5.41) is 5.23. The molecule has 0 bridgehead atoms. The van der Waals surface area contributed by atoms with Crippen molar-refractivity contribution in [3.8, 4) is 23.5 Å². The average Bonchev–Trinajstić information content (AvgIpc) is 3.19. The zero-order chi connectivity index (χ0) is 43.4. The second kappa shape index (κ2) is 24.1. The molecule has 59 heavy (non-hydrogen) atoms. The van der Waals surface area contributed by atoms with E-state index < -0.39 is 97.5 Å². The molecule has 2 aromatic rings. The molecule has 2 N–H and O–H groups in total. The maximum atomic E-state index is 13.6. The molecule has 18 heteroatoms. The van der Waals surface area contributed by atoms with E-state index in [0.717, 1.165) is 45.9 Å². The number of hydrogen-bond acceptors (Lipinski definition) is 16. The van der Waals surface area contributed by atoms with Crippen LogP contribution in [0.1, 0.15) is 39.7 Å². The Morgan fingerprint density at radius 1 is 0.814 bits per heavy atom. The molecule has 1 aliphatic heterocycles. The van der Waals surface area contributed by atoms with Crippen molar-refractivity contribution in [2.45, 2.75) is 76.8 Å². The van der Waals surface area contributed by atoms with Gasteiger partial charge in [0, 0.05) is 27.7 Å². The number of hydrogen-bond donors (Lipinski definition) is 2. The van der Waals surface area contributed by atoms with Crippen LogP contribution in [0, 0.1) is 12.3 Å². The SMILES string of the molecule is C#CCOCCOCCO[C@]1(C(=O)OC)C[C@H](OC(C)=O)[C@@H](NC(=O)COC(C)=O)[C@H]([C@H](OC(C)=O)[C@@H](CNC(=O)Cc2ccc(-c3ccccc3)cc2)OC(C)=O)O1. The molecule has 1 heterocycles. The third kappa shape index (κ3) is 15.8. The lowest BCUT2D eigenvalue weighted by Crippen LogP contribution is -2.70. The molecule has 0 saturated carbocycles. The first-order valence-electron chi connectivity index (χ1n) is 18.5. The molecule has 2 amide bonds. The summed E-state index contributed by atoms with van der Waals surface area (Å²) in [5.41, 5.74) is 2.58. The van der Waals surface area contributed by atoms with E-state index >= 15 is 0 Å². The van der Waals surface area contributed by atoms with Gasteiger partial charge in [0.2, 0.25) is 5.91 Å². The predicted molar refractivity (Wildman–Crippen MR) is 204 cm³/mol. The number of methoxy groups -OCH3 is 1. The van der Waals surface area contributed by atoms with Gasteiger partial charge in [0.05, 0.1) is 59.0 Å². The largest absolute Gasteiger partial charge is 0.465 e. The van der Waals surface area contributed by atoms with Gasteiger partial charge >= 0.3 is 29.8 Å². The summed E-state index contributed by atoms with van der Waals surface area (Å²) in [5.74, 6) is -6.12. The molecule has 1 saturated heterocycles. The molecular formula is C41H50N2O16. The van der Waals surface area contributed by atoms with Crippen molar-refractivity contribution < 1.29 is 76.2 Å². The van der Waals surface area contributed by atoms with Crippen molar-refractivity contribution >= 4 is 41.7 Å². The van der Waals surface area contributed by atoms with Crippen molar-refractivity contribution in [1.82, 2.24) is 10.6 Å². The summed E-state index contributed by atoms with van der Waals surface area (Å²) in [4.78, 5) is 89.5. The van der Waals surface area contributed by atoms with Gasteiger partial charge in [-0.2, -0.15) is 0 Å². The van der Waals surface area contributed by atoms with Crippen LogP contribution in [0.4, 0.5) is 0 Å². The van der Waals surface area contributed by atoms with Gasteiger partial charge in [-0.3, -0.25) is 28.8 Å². The molecule has 0 aliphatic carbocycles. The van der Waals surface area contributed by atoms with Gasteiger partial charge in [-0.25, -0.2) is 4.79 Å². The van der Waals surface area contributed by atoms with E-state index in [0.29, 0.717) is 5.56 Å². The minimum atomic E-state index is -2.42. The van der Waals surface area contributed by atoms with Gasteiger partial charge in [0.1, 0.15) is 18.8 Å². The van der Waals surface area contributed by atoms with Crippen LogP contribution in [0.3, 0.4) is 0 Å². The molecule has 18 nitrogen and oxygen atoms in total. The van der Waals surface area contributed by atoms with Gasteiger partial charge in [0.25, 0.3) is 11.7 Å². The minimum absolute atomic E-state index is 0.0706. The Balaban J connectivity index is 2.00. The summed E-state index contributed by atoms with van der Waals surface area (Å²) in [6.07, 6.45) is -2.08. The maximum Gasteiger partial charge on any atom is 0.366 e. The first kappa shape index (κ1) is 47.5. The topological polar surface area (TPSA) is 227 Å². The molecule has 0 spiro atoms. The van der Waals surface area contributed by atoms with E-state index in [1.54, 1.807) is 12.1 Å². The van der Waals surface area contributed by atoms with Crippen LogP contribution >= 0.6 is 0 Å². The fourth-order valence-corrected chi connectivity index (χ4v) is 6.06. The third-order valence-corrected chi connectivity index (χ3v) is 8.45. The maximum absolute atomic E-state index is 13.6. The Morgan fingerprint density at radius 2 is 1.46 bits per heavy atom. The summed E-state index contributed by atoms with van der Waals surface area (Å²) < 4.78 is 49.7. The highest BCUT2D eigenvalue weighted by Gasteiger charge is 2.59. The molecular weight excluding hydrogens is 776 g/mol. The van der Waals surface area contributed by atoms with Gasteiger partial charge < -0.3 is 53.3 Å². The van der Waals surface area contributed by atoms with Crippen molar-refractivity contribution in [2.75, 3.05) is 53.3 Å². The summed E-state index contributed by atoms with van der Waals surface area (Å²) in [6, 6.07) is 15.4. The molecule has 3 rings (SSSR count). The lowest BCUT2D eigenvalue weighted by molar-refractivity contribution is -0.315. The third-order valence-electron chi connectivity index (χ3n) is 8.45. The number of rotatable bonds is 22. The van der Waals surface area contributed by atoms with E-state index in [1.165, 1.54) is 0 Å². The van der Waals surface area contributed by atoms with Crippen LogP contribution in [0.2, 0.25) is 0 Å².